The van der Waals surface area contributed by atoms with Gasteiger partial charge in [-0.1, -0.05) is 57.9 Å². The van der Waals surface area contributed by atoms with Crippen molar-refractivity contribution in [3.05, 3.63) is 129 Å². The summed E-state index contributed by atoms with van der Waals surface area (Å²) in [5.41, 5.74) is 2.40. The lowest BCUT2D eigenvalue weighted by molar-refractivity contribution is -0.115. The van der Waals surface area contributed by atoms with Crippen LogP contribution in [0.5, 0.6) is 0 Å². The first kappa shape index (κ1) is 29.1. The third kappa shape index (κ3) is 8.58. The molecule has 0 saturated carbocycles. The highest BCUT2D eigenvalue weighted by Gasteiger charge is 2.17. The predicted molar refractivity (Wildman–Crippen MR) is 166 cm³/mol. The second-order valence-electron chi connectivity index (χ2n) is 8.67. The van der Waals surface area contributed by atoms with Crippen molar-refractivity contribution in [3.8, 4) is 0 Å². The van der Waals surface area contributed by atoms with Gasteiger partial charge in [-0.2, -0.15) is 0 Å². The van der Waals surface area contributed by atoms with Crippen LogP contribution in [0.3, 0.4) is 0 Å². The van der Waals surface area contributed by atoms with Crippen molar-refractivity contribution in [2.24, 2.45) is 0 Å². The Bertz CT molecular complexity index is 1530. The zero-order valence-corrected chi connectivity index (χ0v) is 24.5. The van der Waals surface area contributed by atoms with E-state index in [4.69, 9.17) is 11.6 Å². The Morgan fingerprint density at radius 1 is 0.825 bits per heavy atom. The van der Waals surface area contributed by atoms with Gasteiger partial charge in [-0.3, -0.25) is 14.4 Å². The number of thioether (sulfide) groups is 1. The molecule has 0 radical (unpaired) electrons. The van der Waals surface area contributed by atoms with Gasteiger partial charge in [0, 0.05) is 31.3 Å². The highest BCUT2D eigenvalue weighted by Crippen LogP contribution is 2.26. The number of hydrogen-bond acceptors (Lipinski definition) is 4. The van der Waals surface area contributed by atoms with Gasteiger partial charge >= 0.3 is 0 Å². The Morgan fingerprint density at radius 3 is 2.15 bits per heavy atom. The molecule has 0 saturated heterocycles. The van der Waals surface area contributed by atoms with Crippen LogP contribution in [0.1, 0.15) is 22.8 Å². The topological polar surface area (TPSA) is 87.3 Å². The summed E-state index contributed by atoms with van der Waals surface area (Å²) in [5, 5.41) is 8.61. The van der Waals surface area contributed by atoms with E-state index in [1.165, 1.54) is 11.8 Å². The van der Waals surface area contributed by atoms with E-state index in [9.17, 15) is 14.4 Å². The van der Waals surface area contributed by atoms with Gasteiger partial charge in [-0.05, 0) is 91.4 Å². The minimum Gasteiger partial charge on any atom is -0.325 e. The molecule has 0 aliphatic heterocycles. The van der Waals surface area contributed by atoms with E-state index in [2.05, 4.69) is 31.9 Å². The molecule has 9 heteroatoms. The molecular weight excluding hydrogens is 610 g/mol. The van der Waals surface area contributed by atoms with Crippen molar-refractivity contribution in [2.75, 3.05) is 10.6 Å². The molecule has 0 heterocycles. The summed E-state index contributed by atoms with van der Waals surface area (Å²) in [4.78, 5) is 39.5. The fraction of sp³-hybridized carbons (Fsp3) is 0.0645. The fourth-order valence-corrected chi connectivity index (χ4v) is 4.89. The highest BCUT2D eigenvalue weighted by atomic mass is 79.9. The molecule has 3 amide bonds. The van der Waals surface area contributed by atoms with E-state index >= 15 is 0 Å². The molecule has 4 aromatic rings. The van der Waals surface area contributed by atoms with Gasteiger partial charge in [0.25, 0.3) is 11.8 Å². The lowest BCUT2D eigenvalue weighted by Gasteiger charge is -2.14. The van der Waals surface area contributed by atoms with Gasteiger partial charge in [-0.25, -0.2) is 0 Å². The summed E-state index contributed by atoms with van der Waals surface area (Å²) >= 11 is 10.9. The van der Waals surface area contributed by atoms with Crippen LogP contribution in [0, 0.1) is 0 Å². The number of carbonyl (C=O) groups excluding carboxylic acids is 3. The van der Waals surface area contributed by atoms with Crippen molar-refractivity contribution < 1.29 is 14.4 Å². The van der Waals surface area contributed by atoms with Crippen LogP contribution < -0.4 is 16.0 Å². The van der Waals surface area contributed by atoms with E-state index in [0.29, 0.717) is 21.8 Å². The Balaban J connectivity index is 1.42. The second-order valence-corrected chi connectivity index (χ2v) is 11.4. The molecule has 1 unspecified atom stereocenters. The van der Waals surface area contributed by atoms with Crippen molar-refractivity contribution in [2.45, 2.75) is 17.1 Å². The Morgan fingerprint density at radius 2 is 1.48 bits per heavy atom. The standard InChI is InChI=1S/C31H25BrClN3O3S/c1-20(29(37)34-25-12-10-23(32)11-13-25)40-27-16-14-26(15-17-27)35-31(39)28(19-21-6-5-9-24(33)18-21)36-30(38)22-7-3-2-4-8-22/h2-20H,1H3,(H,34,37)(H,35,39)(H,36,38)/b28-19-. The largest absolute Gasteiger partial charge is 0.325 e. The molecular formula is C31H25BrClN3O3S. The molecule has 40 heavy (non-hydrogen) atoms. The van der Waals surface area contributed by atoms with Crippen LogP contribution >= 0.6 is 39.3 Å². The summed E-state index contributed by atoms with van der Waals surface area (Å²) in [6.07, 6.45) is 1.57. The normalized spacial score (nSPS) is 11.8. The second kappa shape index (κ2) is 14.0. The number of nitrogens with one attached hydrogen (secondary N) is 3. The molecule has 1 atom stereocenters. The predicted octanol–water partition coefficient (Wildman–Crippen LogP) is 7.63. The van der Waals surface area contributed by atoms with Crippen molar-refractivity contribution in [3.63, 3.8) is 0 Å². The van der Waals surface area contributed by atoms with Crippen molar-refractivity contribution in [1.29, 1.82) is 0 Å². The quantitative estimate of drug-likeness (QED) is 0.131. The van der Waals surface area contributed by atoms with Gasteiger partial charge in [0.15, 0.2) is 0 Å². The molecule has 6 nitrogen and oxygen atoms in total. The Hall–Kier alpha value is -3.85. The van der Waals surface area contributed by atoms with Gasteiger partial charge in [0.1, 0.15) is 5.70 Å². The van der Waals surface area contributed by atoms with E-state index in [-0.39, 0.29) is 16.9 Å². The summed E-state index contributed by atoms with van der Waals surface area (Å²) in [5.74, 6) is -1.02. The lowest BCUT2D eigenvalue weighted by Crippen LogP contribution is -2.30. The number of anilines is 2. The molecule has 4 aromatic carbocycles. The molecule has 3 N–H and O–H groups in total. The van der Waals surface area contributed by atoms with Crippen molar-refractivity contribution >= 4 is 74.5 Å². The Kier molecular flexibility index (Phi) is 10.2. The maximum Gasteiger partial charge on any atom is 0.272 e. The molecule has 0 aliphatic carbocycles. The monoisotopic (exact) mass is 633 g/mol. The van der Waals surface area contributed by atoms with E-state index in [0.717, 1.165) is 15.1 Å². The number of halogens is 2. The average Bonchev–Trinajstić information content (AvgIpc) is 2.95. The van der Waals surface area contributed by atoms with Crippen LogP contribution in [0.4, 0.5) is 11.4 Å². The SMILES string of the molecule is CC(Sc1ccc(NC(=O)/C(=C/c2cccc(Cl)c2)NC(=O)c2ccccc2)cc1)C(=O)Nc1ccc(Br)cc1. The van der Waals surface area contributed by atoms with Crippen LogP contribution in [0.25, 0.3) is 6.08 Å². The summed E-state index contributed by atoms with van der Waals surface area (Å²) in [7, 11) is 0. The first-order valence-electron chi connectivity index (χ1n) is 12.2. The minimum atomic E-state index is -0.494. The summed E-state index contributed by atoms with van der Waals surface area (Å²) in [6.45, 7) is 1.83. The molecule has 202 valence electrons. The van der Waals surface area contributed by atoms with Gasteiger partial charge in [0.2, 0.25) is 5.91 Å². The molecule has 4 rings (SSSR count). The summed E-state index contributed by atoms with van der Waals surface area (Å²) < 4.78 is 0.936. The summed E-state index contributed by atoms with van der Waals surface area (Å²) in [6, 6.07) is 30.1. The van der Waals surface area contributed by atoms with Gasteiger partial charge in [-0.15, -0.1) is 11.8 Å². The van der Waals surface area contributed by atoms with E-state index < -0.39 is 11.8 Å². The number of benzene rings is 4. The molecule has 0 spiro atoms. The van der Waals surface area contributed by atoms with E-state index in [1.807, 2.05) is 49.4 Å². The highest BCUT2D eigenvalue weighted by molar-refractivity contribution is 9.10. The molecule has 0 fully saturated rings. The van der Waals surface area contributed by atoms with Crippen LogP contribution in [0.2, 0.25) is 5.02 Å². The minimum absolute atomic E-state index is 0.0628. The lowest BCUT2D eigenvalue weighted by atomic mass is 10.1. The third-order valence-corrected chi connectivity index (χ3v) is 7.47. The van der Waals surface area contributed by atoms with Crippen molar-refractivity contribution in [1.82, 2.24) is 5.32 Å². The first-order chi connectivity index (χ1) is 19.3. The molecule has 0 bridgehead atoms. The smallest absolute Gasteiger partial charge is 0.272 e. The van der Waals surface area contributed by atoms with Gasteiger partial charge in [0.05, 0.1) is 5.25 Å². The molecule has 0 aliphatic rings. The zero-order valence-electron chi connectivity index (χ0n) is 21.4. The van der Waals surface area contributed by atoms with Crippen LogP contribution in [-0.4, -0.2) is 23.0 Å². The maximum atomic E-state index is 13.2. The van der Waals surface area contributed by atoms with Crippen LogP contribution in [0.15, 0.2) is 118 Å². The maximum absolute atomic E-state index is 13.2. The average molecular weight is 635 g/mol. The molecule has 0 aromatic heterocycles. The first-order valence-corrected chi connectivity index (χ1v) is 14.3. The number of amides is 3. The number of hydrogen-bond donors (Lipinski definition) is 3. The van der Waals surface area contributed by atoms with Gasteiger partial charge < -0.3 is 16.0 Å². The number of carbonyl (C=O) groups is 3. The number of rotatable bonds is 9. The fourth-order valence-electron chi connectivity index (χ4n) is 3.56. The third-order valence-electron chi connectivity index (χ3n) is 5.59. The zero-order chi connectivity index (χ0) is 28.5. The van der Waals surface area contributed by atoms with Crippen LogP contribution in [-0.2, 0) is 9.59 Å². The van der Waals surface area contributed by atoms with E-state index in [1.54, 1.807) is 66.7 Å². The Labute approximate surface area is 250 Å².